The maximum atomic E-state index is 5.47. The Morgan fingerprint density at radius 2 is 2.31 bits per heavy atom. The molecule has 0 fully saturated rings. The lowest BCUT2D eigenvalue weighted by Gasteiger charge is -2.06. The number of hydrogen-bond donors (Lipinski definition) is 0. The van der Waals surface area contributed by atoms with E-state index in [1.807, 2.05) is 6.92 Å². The van der Waals surface area contributed by atoms with Crippen LogP contribution in [0.4, 0.5) is 0 Å². The third-order valence-corrected chi connectivity index (χ3v) is 2.89. The molecule has 0 amide bonds. The number of thiazole rings is 1. The summed E-state index contributed by atoms with van der Waals surface area (Å²) < 4.78 is 5.47. The zero-order chi connectivity index (χ0) is 9.68. The van der Waals surface area contributed by atoms with Gasteiger partial charge in [-0.3, -0.25) is 0 Å². The molecule has 1 atom stereocenters. The van der Waals surface area contributed by atoms with Crippen molar-refractivity contribution in [1.29, 1.82) is 0 Å². The molecular formula is C10H17NOS. The van der Waals surface area contributed by atoms with E-state index in [0.717, 1.165) is 24.5 Å². The lowest BCUT2D eigenvalue weighted by atomic mass is 10.3. The molecule has 0 aromatic carbocycles. The maximum Gasteiger partial charge on any atom is 0.121 e. The van der Waals surface area contributed by atoms with E-state index in [1.54, 1.807) is 11.3 Å². The molecule has 0 aliphatic rings. The first-order chi connectivity index (χ1) is 6.27. The fourth-order valence-electron chi connectivity index (χ4n) is 1.20. The van der Waals surface area contributed by atoms with Gasteiger partial charge in [0, 0.05) is 12.0 Å². The van der Waals surface area contributed by atoms with Crippen molar-refractivity contribution in [3.8, 4) is 0 Å². The minimum absolute atomic E-state index is 0.153. The Hall–Kier alpha value is -0.410. The quantitative estimate of drug-likeness (QED) is 0.726. The molecular weight excluding hydrogens is 182 g/mol. The molecule has 1 aromatic heterocycles. The monoisotopic (exact) mass is 199 g/mol. The number of aryl methyl sites for hydroxylation is 1. The summed E-state index contributed by atoms with van der Waals surface area (Å²) in [6, 6.07) is 0. The van der Waals surface area contributed by atoms with Crippen LogP contribution in [-0.2, 0) is 11.2 Å². The second kappa shape index (κ2) is 5.35. The number of hydrogen-bond acceptors (Lipinski definition) is 3. The molecule has 13 heavy (non-hydrogen) atoms. The Balaban J connectivity index is 2.56. The Morgan fingerprint density at radius 3 is 2.92 bits per heavy atom. The summed E-state index contributed by atoms with van der Waals surface area (Å²) in [4.78, 5) is 4.51. The van der Waals surface area contributed by atoms with Crippen LogP contribution in [0.15, 0.2) is 5.38 Å². The van der Waals surface area contributed by atoms with Crippen LogP contribution in [0.1, 0.15) is 44.0 Å². The molecule has 3 heteroatoms. The summed E-state index contributed by atoms with van der Waals surface area (Å²) in [7, 11) is 0. The first-order valence-corrected chi connectivity index (χ1v) is 5.71. The number of nitrogens with zero attached hydrogens (tertiary/aromatic N) is 1. The highest BCUT2D eigenvalue weighted by atomic mass is 32.1. The molecule has 0 aliphatic carbocycles. The van der Waals surface area contributed by atoms with Gasteiger partial charge in [-0.05, 0) is 20.3 Å². The van der Waals surface area contributed by atoms with E-state index in [-0.39, 0.29) is 6.10 Å². The average molecular weight is 199 g/mol. The molecule has 0 saturated heterocycles. The van der Waals surface area contributed by atoms with Crippen molar-refractivity contribution >= 4 is 11.3 Å². The van der Waals surface area contributed by atoms with Gasteiger partial charge < -0.3 is 4.74 Å². The molecule has 0 aliphatic heterocycles. The van der Waals surface area contributed by atoms with E-state index in [1.165, 1.54) is 5.69 Å². The van der Waals surface area contributed by atoms with Gasteiger partial charge in [0.25, 0.3) is 0 Å². The van der Waals surface area contributed by atoms with Crippen molar-refractivity contribution in [2.24, 2.45) is 0 Å². The van der Waals surface area contributed by atoms with Gasteiger partial charge in [-0.25, -0.2) is 4.98 Å². The summed E-state index contributed by atoms with van der Waals surface area (Å²) in [5.74, 6) is 0. The molecule has 1 aromatic rings. The van der Waals surface area contributed by atoms with Crippen molar-refractivity contribution in [2.75, 3.05) is 6.61 Å². The van der Waals surface area contributed by atoms with Gasteiger partial charge in [-0.1, -0.05) is 13.3 Å². The standard InChI is InChI=1S/C10H17NOS/c1-4-6-9-7-13-10(11-9)8(3)12-5-2/h7-8H,4-6H2,1-3H3. The zero-order valence-electron chi connectivity index (χ0n) is 8.54. The smallest absolute Gasteiger partial charge is 0.121 e. The molecule has 0 saturated carbocycles. The van der Waals surface area contributed by atoms with Crippen LogP contribution in [0, 0.1) is 0 Å². The number of ether oxygens (including phenoxy) is 1. The SMILES string of the molecule is CCCc1csc(C(C)OCC)n1. The van der Waals surface area contributed by atoms with Gasteiger partial charge in [0.2, 0.25) is 0 Å². The molecule has 74 valence electrons. The fraction of sp³-hybridized carbons (Fsp3) is 0.700. The van der Waals surface area contributed by atoms with Crippen LogP contribution in [0.2, 0.25) is 0 Å². The summed E-state index contributed by atoms with van der Waals surface area (Å²) in [6.07, 6.45) is 2.39. The van der Waals surface area contributed by atoms with Crippen molar-refractivity contribution < 1.29 is 4.74 Å². The lowest BCUT2D eigenvalue weighted by molar-refractivity contribution is 0.0761. The summed E-state index contributed by atoms with van der Waals surface area (Å²) in [5.41, 5.74) is 1.20. The minimum atomic E-state index is 0.153. The van der Waals surface area contributed by atoms with Crippen molar-refractivity contribution in [3.63, 3.8) is 0 Å². The van der Waals surface area contributed by atoms with E-state index in [4.69, 9.17) is 4.74 Å². The van der Waals surface area contributed by atoms with E-state index < -0.39 is 0 Å². The molecule has 2 nitrogen and oxygen atoms in total. The molecule has 1 rings (SSSR count). The third kappa shape index (κ3) is 3.08. The highest BCUT2D eigenvalue weighted by Gasteiger charge is 2.09. The van der Waals surface area contributed by atoms with Gasteiger partial charge in [-0.2, -0.15) is 0 Å². The van der Waals surface area contributed by atoms with E-state index in [0.29, 0.717) is 0 Å². The predicted octanol–water partition coefficient (Wildman–Crippen LogP) is 3.19. The van der Waals surface area contributed by atoms with Crippen molar-refractivity contribution in [1.82, 2.24) is 4.98 Å². The average Bonchev–Trinajstić information content (AvgIpc) is 2.54. The van der Waals surface area contributed by atoms with Crippen LogP contribution in [0.5, 0.6) is 0 Å². The topological polar surface area (TPSA) is 22.1 Å². The van der Waals surface area contributed by atoms with Crippen LogP contribution in [0.25, 0.3) is 0 Å². The molecule has 0 radical (unpaired) electrons. The van der Waals surface area contributed by atoms with Gasteiger partial charge in [-0.15, -0.1) is 11.3 Å². The Bertz CT molecular complexity index is 247. The minimum Gasteiger partial charge on any atom is -0.372 e. The zero-order valence-corrected chi connectivity index (χ0v) is 9.36. The van der Waals surface area contributed by atoms with E-state index >= 15 is 0 Å². The number of rotatable bonds is 5. The molecule has 0 bridgehead atoms. The molecule has 1 unspecified atom stereocenters. The molecule has 1 heterocycles. The van der Waals surface area contributed by atoms with Crippen LogP contribution in [-0.4, -0.2) is 11.6 Å². The highest BCUT2D eigenvalue weighted by Crippen LogP contribution is 2.21. The third-order valence-electron chi connectivity index (χ3n) is 1.84. The van der Waals surface area contributed by atoms with E-state index in [9.17, 15) is 0 Å². The summed E-state index contributed by atoms with van der Waals surface area (Å²) >= 11 is 1.70. The van der Waals surface area contributed by atoms with Crippen LogP contribution in [0.3, 0.4) is 0 Å². The Morgan fingerprint density at radius 1 is 1.54 bits per heavy atom. The van der Waals surface area contributed by atoms with Gasteiger partial charge in [0.15, 0.2) is 0 Å². The normalized spacial score (nSPS) is 13.2. The van der Waals surface area contributed by atoms with Gasteiger partial charge >= 0.3 is 0 Å². The summed E-state index contributed by atoms with van der Waals surface area (Å²) in [5, 5.41) is 3.24. The predicted molar refractivity (Wildman–Crippen MR) is 56.2 cm³/mol. The second-order valence-corrected chi connectivity index (χ2v) is 3.91. The largest absolute Gasteiger partial charge is 0.372 e. The van der Waals surface area contributed by atoms with E-state index in [2.05, 4.69) is 24.2 Å². The number of aromatic nitrogens is 1. The summed E-state index contributed by atoms with van der Waals surface area (Å²) in [6.45, 7) is 6.99. The fourth-order valence-corrected chi connectivity index (χ4v) is 2.06. The van der Waals surface area contributed by atoms with Crippen LogP contribution < -0.4 is 0 Å². The first-order valence-electron chi connectivity index (χ1n) is 4.83. The Kier molecular flexibility index (Phi) is 4.39. The van der Waals surface area contributed by atoms with Crippen molar-refractivity contribution in [3.05, 3.63) is 16.1 Å². The first kappa shape index (κ1) is 10.7. The van der Waals surface area contributed by atoms with Gasteiger partial charge in [0.05, 0.1) is 5.69 Å². The Labute approximate surface area is 84.0 Å². The second-order valence-electron chi connectivity index (χ2n) is 3.02. The van der Waals surface area contributed by atoms with Gasteiger partial charge in [0.1, 0.15) is 11.1 Å². The van der Waals surface area contributed by atoms with Crippen molar-refractivity contribution in [2.45, 2.75) is 39.7 Å². The van der Waals surface area contributed by atoms with Crippen LogP contribution >= 0.6 is 11.3 Å². The maximum absolute atomic E-state index is 5.47. The highest BCUT2D eigenvalue weighted by molar-refractivity contribution is 7.09. The lowest BCUT2D eigenvalue weighted by Crippen LogP contribution is -1.99. The molecule has 0 spiro atoms. The molecule has 0 N–H and O–H groups in total.